The predicted octanol–water partition coefficient (Wildman–Crippen LogP) is 1.75. The largest absolute Gasteiger partial charge is 0.307 e. The Balaban J connectivity index is 2.08. The average Bonchev–Trinajstić information content (AvgIpc) is 2.93. The number of hydrogen-bond donors (Lipinski definition) is 0. The number of carbonyl (C=O) groups excluding carboxylic acids is 1. The van der Waals surface area contributed by atoms with Gasteiger partial charge >= 0.3 is 10.2 Å². The summed E-state index contributed by atoms with van der Waals surface area (Å²) in [5.74, 6) is -0.271. The highest BCUT2D eigenvalue weighted by Gasteiger charge is 2.40. The normalized spacial score (nSPS) is 20.0. The van der Waals surface area contributed by atoms with Gasteiger partial charge in [-0.25, -0.2) is 4.98 Å². The summed E-state index contributed by atoms with van der Waals surface area (Å²) >= 11 is 7.08. The third-order valence-electron chi connectivity index (χ3n) is 3.00. The summed E-state index contributed by atoms with van der Waals surface area (Å²) in [4.78, 5) is 21.0. The molecule has 1 aliphatic rings. The van der Waals surface area contributed by atoms with Crippen LogP contribution in [0.5, 0.6) is 0 Å². The second-order valence-corrected chi connectivity index (χ2v) is 7.13. The van der Waals surface area contributed by atoms with Crippen molar-refractivity contribution >= 4 is 55.1 Å². The molecule has 3 rings (SSSR count). The van der Waals surface area contributed by atoms with Crippen molar-refractivity contribution in [3.8, 4) is 0 Å². The monoisotopic (exact) mass is 335 g/mol. The van der Waals surface area contributed by atoms with E-state index in [1.807, 2.05) is 0 Å². The summed E-state index contributed by atoms with van der Waals surface area (Å²) in [6.45, 7) is -0.266. The van der Waals surface area contributed by atoms with Gasteiger partial charge in [-0.15, -0.1) is 15.2 Å². The fourth-order valence-electron chi connectivity index (χ4n) is 2.07. The molecule has 0 radical (unpaired) electrons. The van der Waals surface area contributed by atoms with Crippen molar-refractivity contribution < 1.29 is 17.1 Å². The van der Waals surface area contributed by atoms with E-state index >= 15 is 0 Å². The van der Waals surface area contributed by atoms with Crippen molar-refractivity contribution in [2.24, 2.45) is 0 Å². The molecule has 10 heteroatoms. The number of anilines is 1. The molecule has 0 aliphatic carbocycles. The Morgan fingerprint density at radius 2 is 2.20 bits per heavy atom. The minimum Gasteiger partial charge on any atom is -0.294 e. The molecule has 0 spiro atoms. The first-order valence-corrected chi connectivity index (χ1v) is 8.21. The van der Waals surface area contributed by atoms with Crippen molar-refractivity contribution in [2.75, 3.05) is 11.4 Å². The van der Waals surface area contributed by atoms with Crippen LogP contribution in [0.3, 0.4) is 0 Å². The highest BCUT2D eigenvalue weighted by atomic mass is 35.5. The molecule has 1 aliphatic heterocycles. The SMILES string of the molecule is O=C1CC(S(=O)(=O)F)CN1c1nc(Cl)nc2ccsc12. The molecule has 0 bridgehead atoms. The molecule has 1 amide bonds. The molecule has 6 nitrogen and oxygen atoms in total. The fraction of sp³-hybridized carbons (Fsp3) is 0.300. The Kier molecular flexibility index (Phi) is 3.14. The van der Waals surface area contributed by atoms with Crippen LogP contribution >= 0.6 is 22.9 Å². The van der Waals surface area contributed by atoms with E-state index in [0.29, 0.717) is 10.2 Å². The van der Waals surface area contributed by atoms with Crippen molar-refractivity contribution in [3.63, 3.8) is 0 Å². The summed E-state index contributed by atoms with van der Waals surface area (Å²) in [7, 11) is -4.76. The van der Waals surface area contributed by atoms with Gasteiger partial charge in [0.25, 0.3) is 0 Å². The number of hydrogen-bond acceptors (Lipinski definition) is 6. The molecule has 0 N–H and O–H groups in total. The summed E-state index contributed by atoms with van der Waals surface area (Å²) in [6.07, 6.45) is -0.396. The zero-order valence-corrected chi connectivity index (χ0v) is 12.2. The van der Waals surface area contributed by atoms with Gasteiger partial charge in [0.1, 0.15) is 5.25 Å². The number of thiophene rings is 1. The maximum atomic E-state index is 13.0. The van der Waals surface area contributed by atoms with E-state index in [4.69, 9.17) is 11.6 Å². The predicted molar refractivity (Wildman–Crippen MR) is 73.2 cm³/mol. The second kappa shape index (κ2) is 4.61. The lowest BCUT2D eigenvalue weighted by Gasteiger charge is -2.15. The zero-order valence-electron chi connectivity index (χ0n) is 9.79. The first-order valence-electron chi connectivity index (χ1n) is 5.51. The number of carbonyl (C=O) groups is 1. The third-order valence-corrected chi connectivity index (χ3v) is 5.18. The van der Waals surface area contributed by atoms with E-state index in [2.05, 4.69) is 9.97 Å². The average molecular weight is 336 g/mol. The summed E-state index contributed by atoms with van der Waals surface area (Å²) in [6, 6.07) is 1.71. The van der Waals surface area contributed by atoms with Gasteiger partial charge in [0.2, 0.25) is 11.2 Å². The quantitative estimate of drug-likeness (QED) is 0.617. The van der Waals surface area contributed by atoms with E-state index in [1.165, 1.54) is 11.3 Å². The third kappa shape index (κ3) is 2.25. The van der Waals surface area contributed by atoms with E-state index in [0.717, 1.165) is 4.90 Å². The van der Waals surface area contributed by atoms with Gasteiger partial charge in [-0.2, -0.15) is 13.4 Å². The van der Waals surface area contributed by atoms with E-state index < -0.39 is 27.8 Å². The van der Waals surface area contributed by atoms with Gasteiger partial charge in [-0.3, -0.25) is 9.69 Å². The molecule has 1 atom stereocenters. The Morgan fingerprint density at radius 3 is 2.85 bits per heavy atom. The standard InChI is InChI=1S/C10H7ClFN3O3S2/c11-10-13-6-1-2-19-8(6)9(14-10)15-4-5(3-7(15)16)20(12,17)18/h1-2,5H,3-4H2. The van der Waals surface area contributed by atoms with Crippen LogP contribution in [-0.4, -0.2) is 36.1 Å². The molecule has 2 aromatic heterocycles. The first kappa shape index (κ1) is 13.7. The fourth-order valence-corrected chi connectivity index (χ4v) is 3.74. The Morgan fingerprint density at radius 1 is 1.45 bits per heavy atom. The highest BCUT2D eigenvalue weighted by molar-refractivity contribution is 7.87. The second-order valence-electron chi connectivity index (χ2n) is 4.26. The number of nitrogens with zero attached hydrogens (tertiary/aromatic N) is 3. The minimum absolute atomic E-state index is 0.0507. The maximum Gasteiger partial charge on any atom is 0.307 e. The smallest absolute Gasteiger partial charge is 0.294 e. The van der Waals surface area contributed by atoms with Gasteiger partial charge in [0, 0.05) is 13.0 Å². The van der Waals surface area contributed by atoms with Crippen molar-refractivity contribution in [3.05, 3.63) is 16.7 Å². The van der Waals surface area contributed by atoms with Crippen LogP contribution in [0.4, 0.5) is 9.70 Å². The van der Waals surface area contributed by atoms with Crippen molar-refractivity contribution in [2.45, 2.75) is 11.7 Å². The van der Waals surface area contributed by atoms with Crippen LogP contribution in [0.1, 0.15) is 6.42 Å². The number of aromatic nitrogens is 2. The lowest BCUT2D eigenvalue weighted by Crippen LogP contribution is -2.28. The van der Waals surface area contributed by atoms with Crippen LogP contribution in [0.15, 0.2) is 11.4 Å². The molecule has 2 aromatic rings. The van der Waals surface area contributed by atoms with Gasteiger partial charge in [0.15, 0.2) is 5.82 Å². The number of rotatable bonds is 2. The molecule has 3 heterocycles. The van der Waals surface area contributed by atoms with Crippen molar-refractivity contribution in [1.29, 1.82) is 0 Å². The summed E-state index contributed by atoms with van der Waals surface area (Å²) in [5.41, 5.74) is 0.560. The minimum atomic E-state index is -4.76. The Bertz CT molecular complexity index is 807. The molecule has 106 valence electrons. The van der Waals surface area contributed by atoms with Gasteiger partial charge in [-0.1, -0.05) is 0 Å². The lowest BCUT2D eigenvalue weighted by molar-refractivity contribution is -0.117. The van der Waals surface area contributed by atoms with E-state index in [1.54, 1.807) is 11.4 Å². The molecule has 20 heavy (non-hydrogen) atoms. The summed E-state index contributed by atoms with van der Waals surface area (Å²) < 4.78 is 35.5. The topological polar surface area (TPSA) is 80.2 Å². The molecule has 0 saturated carbocycles. The number of fused-ring (bicyclic) bond motifs is 1. The molecular weight excluding hydrogens is 329 g/mol. The lowest BCUT2D eigenvalue weighted by atomic mass is 10.4. The van der Waals surface area contributed by atoms with E-state index in [9.17, 15) is 17.1 Å². The van der Waals surface area contributed by atoms with E-state index in [-0.39, 0.29) is 17.6 Å². The maximum absolute atomic E-state index is 13.0. The molecular formula is C10H7ClFN3O3S2. The highest BCUT2D eigenvalue weighted by Crippen LogP contribution is 2.33. The Hall–Kier alpha value is -1.32. The molecule has 1 saturated heterocycles. The number of amides is 1. The van der Waals surface area contributed by atoms with Crippen LogP contribution in [0, 0.1) is 0 Å². The van der Waals surface area contributed by atoms with Crippen LogP contribution in [0.25, 0.3) is 10.2 Å². The van der Waals surface area contributed by atoms with Crippen LogP contribution in [0.2, 0.25) is 5.28 Å². The van der Waals surface area contributed by atoms with Gasteiger partial charge in [-0.05, 0) is 23.0 Å². The first-order chi connectivity index (χ1) is 9.36. The van der Waals surface area contributed by atoms with Gasteiger partial charge in [0.05, 0.1) is 10.2 Å². The van der Waals surface area contributed by atoms with Gasteiger partial charge < -0.3 is 0 Å². The van der Waals surface area contributed by atoms with Crippen LogP contribution in [-0.2, 0) is 15.0 Å². The summed E-state index contributed by atoms with van der Waals surface area (Å²) in [5, 5.41) is 0.340. The molecule has 1 fully saturated rings. The molecule has 1 unspecified atom stereocenters. The van der Waals surface area contributed by atoms with Crippen LogP contribution < -0.4 is 4.90 Å². The molecule has 0 aromatic carbocycles. The van der Waals surface area contributed by atoms with Crippen molar-refractivity contribution in [1.82, 2.24) is 9.97 Å². The number of halogens is 2. The Labute approximate surface area is 122 Å². The zero-order chi connectivity index (χ0) is 14.5.